The number of hydrogen-bond acceptors (Lipinski definition) is 6. The quantitative estimate of drug-likeness (QED) is 0.391. The maximum absolute atomic E-state index is 14.0. The molecule has 5 rings (SSSR count). The van der Waals surface area contributed by atoms with Gasteiger partial charge in [-0.3, -0.25) is 19.8 Å². The topological polar surface area (TPSA) is 93.9 Å². The van der Waals surface area contributed by atoms with Crippen molar-refractivity contribution in [1.82, 2.24) is 4.90 Å². The number of rotatable bonds is 7. The van der Waals surface area contributed by atoms with Crippen LogP contribution in [0.4, 0.5) is 10.1 Å². The largest absolute Gasteiger partial charge is 0.490 e. The van der Waals surface area contributed by atoms with E-state index in [1.54, 1.807) is 72.6 Å². The van der Waals surface area contributed by atoms with Crippen molar-refractivity contribution < 1.29 is 23.6 Å². The van der Waals surface area contributed by atoms with Crippen LogP contribution in [0.25, 0.3) is 0 Å². The van der Waals surface area contributed by atoms with Gasteiger partial charge in [-0.2, -0.15) is 0 Å². The molecule has 0 bridgehead atoms. The highest BCUT2D eigenvalue weighted by atomic mass is 19.1. The Morgan fingerprint density at radius 2 is 1.86 bits per heavy atom. The average molecular weight is 492 g/mol. The lowest BCUT2D eigenvalue weighted by molar-refractivity contribution is -0.534. The Hall–Kier alpha value is -3.98. The number of halogens is 1. The molecule has 3 aromatic carbocycles. The molecule has 0 saturated carbocycles. The molecule has 9 heteroatoms. The summed E-state index contributed by atoms with van der Waals surface area (Å²) in [5.74, 6) is -0.526. The van der Waals surface area contributed by atoms with Crippen molar-refractivity contribution in [3.8, 4) is 11.5 Å². The first-order valence-electron chi connectivity index (χ1n) is 11.8. The van der Waals surface area contributed by atoms with E-state index in [4.69, 9.17) is 9.47 Å². The van der Waals surface area contributed by atoms with E-state index >= 15 is 0 Å². The number of anilines is 1. The number of likely N-dealkylation sites (N-methyl/N-ethyl adjacent to an activating group) is 1. The van der Waals surface area contributed by atoms with Crippen LogP contribution >= 0.6 is 0 Å². The predicted octanol–water partition coefficient (Wildman–Crippen LogP) is 4.33. The molecular formula is C27H26FN3O5. The number of nitrogens with zero attached hydrogens (tertiary/aromatic N) is 2. The van der Waals surface area contributed by atoms with Crippen molar-refractivity contribution >= 4 is 11.6 Å². The molecule has 1 N–H and O–H groups in total. The van der Waals surface area contributed by atoms with Gasteiger partial charge in [0, 0.05) is 28.3 Å². The zero-order valence-electron chi connectivity index (χ0n) is 19.9. The Bertz CT molecular complexity index is 1330. The highest BCUT2D eigenvalue weighted by Crippen LogP contribution is 2.52. The summed E-state index contributed by atoms with van der Waals surface area (Å²) in [5.41, 5.74) is 0.851. The number of carbonyl (C=O) groups is 1. The van der Waals surface area contributed by atoms with E-state index in [1.807, 2.05) is 6.92 Å². The third-order valence-corrected chi connectivity index (χ3v) is 7.08. The molecule has 1 fully saturated rings. The smallest absolute Gasteiger partial charge is 0.256 e. The van der Waals surface area contributed by atoms with Crippen LogP contribution in [0.2, 0.25) is 0 Å². The fraction of sp³-hybridized carbons (Fsp3) is 0.296. The Labute approximate surface area is 207 Å². The van der Waals surface area contributed by atoms with Gasteiger partial charge in [-0.15, -0.1) is 0 Å². The van der Waals surface area contributed by atoms with Crippen molar-refractivity contribution in [2.75, 3.05) is 25.5 Å². The Kier molecular flexibility index (Phi) is 6.09. The molecule has 0 aliphatic carbocycles. The fourth-order valence-electron chi connectivity index (χ4n) is 5.49. The molecule has 0 radical (unpaired) electrons. The molecule has 2 heterocycles. The van der Waals surface area contributed by atoms with E-state index in [0.717, 1.165) is 0 Å². The van der Waals surface area contributed by atoms with Crippen molar-refractivity contribution in [1.29, 1.82) is 0 Å². The summed E-state index contributed by atoms with van der Waals surface area (Å²) in [6.07, 6.45) is 0. The van der Waals surface area contributed by atoms with E-state index in [-0.39, 0.29) is 17.3 Å². The van der Waals surface area contributed by atoms with E-state index in [0.29, 0.717) is 47.0 Å². The van der Waals surface area contributed by atoms with E-state index in [2.05, 4.69) is 5.32 Å². The minimum Gasteiger partial charge on any atom is -0.490 e. The van der Waals surface area contributed by atoms with Gasteiger partial charge in [0.05, 0.1) is 12.5 Å². The summed E-state index contributed by atoms with van der Waals surface area (Å²) in [6.45, 7) is 2.48. The van der Waals surface area contributed by atoms with Crippen molar-refractivity contribution in [3.63, 3.8) is 0 Å². The lowest BCUT2D eigenvalue weighted by Gasteiger charge is -2.30. The SMILES string of the molecule is CCOc1cc([C@@H]2CN(C)[C@]3(C(=O)Nc4ccccc43)[C@@H]2[N+](=O)[O-])ccc1OCc1ccccc1F. The lowest BCUT2D eigenvalue weighted by Crippen LogP contribution is -2.54. The minimum absolute atomic E-state index is 0.00977. The molecule has 2 aliphatic rings. The van der Waals surface area contributed by atoms with E-state index in [9.17, 15) is 19.3 Å². The summed E-state index contributed by atoms with van der Waals surface area (Å²) in [5, 5.41) is 15.4. The highest BCUT2D eigenvalue weighted by Gasteiger charge is 2.68. The standard InChI is InChI=1S/C27H26FN3O5/c1-3-35-24-14-17(12-13-23(24)36-16-18-8-4-6-10-21(18)28)19-15-30(2)27(25(19)31(33)34)20-9-5-7-11-22(20)29-26(27)32/h4-14,19,25H,3,15-16H2,1-2H3,(H,29,32)/t19-,25+,27-/m0/s1. The van der Waals surface area contributed by atoms with Crippen LogP contribution in [0.3, 0.4) is 0 Å². The molecule has 3 aromatic rings. The molecule has 36 heavy (non-hydrogen) atoms. The normalized spacial score (nSPS) is 22.9. The second kappa shape index (κ2) is 9.23. The summed E-state index contributed by atoms with van der Waals surface area (Å²) in [4.78, 5) is 27.2. The third-order valence-electron chi connectivity index (χ3n) is 7.08. The minimum atomic E-state index is -1.42. The molecule has 1 amide bonds. The lowest BCUT2D eigenvalue weighted by atomic mass is 9.79. The molecule has 8 nitrogen and oxygen atoms in total. The Morgan fingerprint density at radius 1 is 1.11 bits per heavy atom. The molecule has 2 aliphatic heterocycles. The number of hydrogen-bond donors (Lipinski definition) is 1. The number of carbonyl (C=O) groups excluding carboxylic acids is 1. The number of nitrogens with one attached hydrogen (secondary N) is 1. The summed E-state index contributed by atoms with van der Waals surface area (Å²) in [6, 6.07) is 17.4. The van der Waals surface area contributed by atoms with Crippen LogP contribution in [-0.2, 0) is 16.9 Å². The first kappa shape index (κ1) is 23.7. The predicted molar refractivity (Wildman–Crippen MR) is 131 cm³/mol. The van der Waals surface area contributed by atoms with Crippen LogP contribution in [0.1, 0.15) is 29.5 Å². The number of ether oxygens (including phenoxy) is 2. The number of fused-ring (bicyclic) bond motifs is 2. The van der Waals surface area contributed by atoms with Crippen molar-refractivity contribution in [2.24, 2.45) is 0 Å². The van der Waals surface area contributed by atoms with Crippen molar-refractivity contribution in [2.45, 2.75) is 31.0 Å². The monoisotopic (exact) mass is 491 g/mol. The second-order valence-corrected chi connectivity index (χ2v) is 9.00. The zero-order valence-corrected chi connectivity index (χ0v) is 19.9. The van der Waals surface area contributed by atoms with Gasteiger partial charge in [-0.1, -0.05) is 42.5 Å². The van der Waals surface area contributed by atoms with Crippen LogP contribution in [0.5, 0.6) is 11.5 Å². The first-order valence-corrected chi connectivity index (χ1v) is 11.8. The van der Waals surface area contributed by atoms with Gasteiger partial charge in [-0.05, 0) is 43.8 Å². The maximum Gasteiger partial charge on any atom is 0.256 e. The molecule has 0 aromatic heterocycles. The van der Waals surface area contributed by atoms with Crippen LogP contribution in [-0.4, -0.2) is 42.0 Å². The fourth-order valence-corrected chi connectivity index (χ4v) is 5.49. The summed E-state index contributed by atoms with van der Waals surface area (Å²) in [7, 11) is 1.74. The van der Waals surface area contributed by atoms with Gasteiger partial charge in [0.25, 0.3) is 11.9 Å². The van der Waals surface area contributed by atoms with Gasteiger partial charge in [-0.25, -0.2) is 4.39 Å². The molecule has 1 saturated heterocycles. The van der Waals surface area contributed by atoms with Crippen LogP contribution in [0.15, 0.2) is 66.7 Å². The second-order valence-electron chi connectivity index (χ2n) is 9.00. The first-order chi connectivity index (χ1) is 17.4. The van der Waals surface area contributed by atoms with Gasteiger partial charge in [0.15, 0.2) is 17.0 Å². The van der Waals surface area contributed by atoms with Gasteiger partial charge in [0.1, 0.15) is 12.4 Å². The molecule has 0 unspecified atom stereocenters. The molecule has 1 spiro atoms. The van der Waals surface area contributed by atoms with E-state index in [1.165, 1.54) is 6.07 Å². The molecular weight excluding hydrogens is 465 g/mol. The number of benzene rings is 3. The van der Waals surface area contributed by atoms with E-state index < -0.39 is 23.4 Å². The summed E-state index contributed by atoms with van der Waals surface area (Å²) < 4.78 is 25.7. The molecule has 186 valence electrons. The number of para-hydroxylation sites is 1. The van der Waals surface area contributed by atoms with Gasteiger partial charge >= 0.3 is 0 Å². The number of likely N-dealkylation sites (tertiary alicyclic amines) is 1. The molecule has 3 atom stereocenters. The number of amides is 1. The van der Waals surface area contributed by atoms with Crippen molar-refractivity contribution in [3.05, 3.63) is 99.4 Å². The maximum atomic E-state index is 14.0. The van der Waals surface area contributed by atoms with Gasteiger partial charge < -0.3 is 14.8 Å². The Balaban J connectivity index is 1.51. The average Bonchev–Trinajstić information content (AvgIpc) is 3.34. The highest BCUT2D eigenvalue weighted by molar-refractivity contribution is 6.06. The number of nitro groups is 1. The van der Waals surface area contributed by atoms with Gasteiger partial charge in [0.2, 0.25) is 0 Å². The zero-order chi connectivity index (χ0) is 25.4. The van der Waals surface area contributed by atoms with Crippen LogP contribution in [0, 0.1) is 15.9 Å². The Morgan fingerprint density at radius 3 is 2.61 bits per heavy atom. The summed E-state index contributed by atoms with van der Waals surface area (Å²) >= 11 is 0. The van der Waals surface area contributed by atoms with Crippen LogP contribution < -0.4 is 14.8 Å². The third kappa shape index (κ3) is 3.67.